The van der Waals surface area contributed by atoms with E-state index in [0.717, 1.165) is 0 Å². The molecular weight excluding hydrogens is 392 g/mol. The van der Waals surface area contributed by atoms with Crippen molar-refractivity contribution in [2.24, 2.45) is 0 Å². The molecule has 4 aromatic rings. The van der Waals surface area contributed by atoms with E-state index in [0.29, 0.717) is 0 Å². The zero-order valence-electron chi connectivity index (χ0n) is 18.0. The Bertz CT molecular complexity index is 1060. The molecule has 0 aliphatic heterocycles. The van der Waals surface area contributed by atoms with Gasteiger partial charge in [0.25, 0.3) is 0 Å². The van der Waals surface area contributed by atoms with E-state index in [1.165, 1.54) is 43.2 Å². The lowest BCUT2D eigenvalue weighted by molar-refractivity contribution is 1.40. The predicted octanol–water partition coefficient (Wildman–Crippen LogP) is 8.80. The second-order valence-corrected chi connectivity index (χ2v) is 8.88. The van der Waals surface area contributed by atoms with Crippen molar-refractivity contribution in [3.05, 3.63) is 130 Å². The van der Waals surface area contributed by atoms with Crippen molar-refractivity contribution in [3.8, 4) is 0 Å². The summed E-state index contributed by atoms with van der Waals surface area (Å²) in [6.07, 6.45) is 8.64. The van der Waals surface area contributed by atoms with Gasteiger partial charge in [-0.1, -0.05) is 120 Å². The molecule has 0 N–H and O–H groups in total. The lowest BCUT2D eigenvalue weighted by Gasteiger charge is -2.03. The fraction of sp³-hybridized carbons (Fsp3) is 0.0667. The Morgan fingerprint density at radius 2 is 0.645 bits per heavy atom. The highest BCUT2D eigenvalue weighted by molar-refractivity contribution is 7.99. The van der Waals surface area contributed by atoms with Gasteiger partial charge in [-0.2, -0.15) is 0 Å². The number of aryl methyl sites for hydroxylation is 2. The van der Waals surface area contributed by atoms with E-state index in [2.05, 4.69) is 135 Å². The topological polar surface area (TPSA) is 0 Å². The maximum absolute atomic E-state index is 2.19. The average molecular weight is 419 g/mol. The summed E-state index contributed by atoms with van der Waals surface area (Å²) in [7, 11) is 0. The van der Waals surface area contributed by atoms with Gasteiger partial charge in [-0.05, 0) is 60.4 Å². The number of benzene rings is 4. The average Bonchev–Trinajstić information content (AvgIpc) is 2.80. The van der Waals surface area contributed by atoms with Crippen LogP contribution in [0.3, 0.4) is 0 Å². The van der Waals surface area contributed by atoms with E-state index < -0.39 is 0 Å². The largest absolute Gasteiger partial charge is 0.0901 e. The summed E-state index contributed by atoms with van der Waals surface area (Å²) < 4.78 is 0. The molecule has 0 aromatic heterocycles. The van der Waals surface area contributed by atoms with E-state index in [1.807, 2.05) is 0 Å². The minimum Gasteiger partial charge on any atom is -0.0901 e. The van der Waals surface area contributed by atoms with Gasteiger partial charge in [-0.25, -0.2) is 0 Å². The van der Waals surface area contributed by atoms with Crippen LogP contribution in [-0.4, -0.2) is 0 Å². The third kappa shape index (κ3) is 6.34. The van der Waals surface area contributed by atoms with Gasteiger partial charge in [0.2, 0.25) is 0 Å². The van der Waals surface area contributed by atoms with Gasteiger partial charge in [-0.15, -0.1) is 0 Å². The molecule has 0 spiro atoms. The molecule has 4 aromatic carbocycles. The molecule has 0 saturated heterocycles. The summed E-state index contributed by atoms with van der Waals surface area (Å²) in [5.41, 5.74) is 7.44. The van der Waals surface area contributed by atoms with Gasteiger partial charge in [-0.3, -0.25) is 0 Å². The number of hydrogen-bond donors (Lipinski definition) is 0. The van der Waals surface area contributed by atoms with Gasteiger partial charge < -0.3 is 0 Å². The summed E-state index contributed by atoms with van der Waals surface area (Å²) in [6.45, 7) is 4.22. The van der Waals surface area contributed by atoms with Gasteiger partial charge in [0.1, 0.15) is 0 Å². The van der Waals surface area contributed by atoms with Crippen LogP contribution >= 0.6 is 11.8 Å². The Hall–Kier alpha value is -3.29. The molecule has 0 amide bonds. The first-order valence-electron chi connectivity index (χ1n) is 10.5. The fourth-order valence-corrected chi connectivity index (χ4v) is 3.99. The number of rotatable bonds is 6. The quantitative estimate of drug-likeness (QED) is 0.282. The molecule has 0 bridgehead atoms. The van der Waals surface area contributed by atoms with Gasteiger partial charge >= 0.3 is 0 Å². The molecule has 152 valence electrons. The minimum absolute atomic E-state index is 1.21. The Morgan fingerprint density at radius 3 is 0.935 bits per heavy atom. The number of hydrogen-bond acceptors (Lipinski definition) is 1. The highest BCUT2D eigenvalue weighted by atomic mass is 32.2. The van der Waals surface area contributed by atoms with E-state index in [4.69, 9.17) is 0 Å². The van der Waals surface area contributed by atoms with Crippen LogP contribution < -0.4 is 0 Å². The van der Waals surface area contributed by atoms with Crippen molar-refractivity contribution >= 4 is 36.1 Å². The predicted molar refractivity (Wildman–Crippen MR) is 137 cm³/mol. The lowest BCUT2D eigenvalue weighted by Crippen LogP contribution is -1.78. The maximum Gasteiger partial charge on any atom is 0.0122 e. The monoisotopic (exact) mass is 418 g/mol. The first kappa shape index (κ1) is 21.0. The third-order valence-corrected chi connectivity index (χ3v) is 6.10. The standard InChI is InChI=1S/C30H26S/c1-23-3-7-25(8-4-23)11-13-27-15-19-29(20-16-27)31-30-21-17-28(18-22-30)14-12-26-9-5-24(2)6-10-26/h3-22H,1-2H3/b13-11+,14-12+. The molecule has 1 heteroatoms. The first-order chi connectivity index (χ1) is 15.1. The van der Waals surface area contributed by atoms with Crippen molar-refractivity contribution in [1.82, 2.24) is 0 Å². The van der Waals surface area contributed by atoms with Crippen molar-refractivity contribution < 1.29 is 0 Å². The molecule has 0 saturated carbocycles. The zero-order valence-corrected chi connectivity index (χ0v) is 18.8. The van der Waals surface area contributed by atoms with E-state index in [1.54, 1.807) is 11.8 Å². The second kappa shape index (κ2) is 10.1. The Balaban J connectivity index is 1.35. The van der Waals surface area contributed by atoms with Gasteiger partial charge in [0.05, 0.1) is 0 Å². The molecule has 31 heavy (non-hydrogen) atoms. The van der Waals surface area contributed by atoms with Crippen molar-refractivity contribution in [2.45, 2.75) is 23.6 Å². The SMILES string of the molecule is Cc1ccc(/C=C/c2ccc(Sc3ccc(/C=C/c4ccc(C)cc4)cc3)cc2)cc1. The molecule has 0 unspecified atom stereocenters. The van der Waals surface area contributed by atoms with Crippen LogP contribution in [0, 0.1) is 13.8 Å². The minimum atomic E-state index is 1.21. The van der Waals surface area contributed by atoms with Crippen LogP contribution in [0.4, 0.5) is 0 Å². The van der Waals surface area contributed by atoms with Crippen molar-refractivity contribution in [1.29, 1.82) is 0 Å². The molecule has 4 rings (SSSR count). The highest BCUT2D eigenvalue weighted by Crippen LogP contribution is 2.28. The first-order valence-corrected chi connectivity index (χ1v) is 11.3. The van der Waals surface area contributed by atoms with Crippen LogP contribution in [-0.2, 0) is 0 Å². The summed E-state index contributed by atoms with van der Waals surface area (Å²) in [5, 5.41) is 0. The summed E-state index contributed by atoms with van der Waals surface area (Å²) in [4.78, 5) is 2.49. The van der Waals surface area contributed by atoms with E-state index in [-0.39, 0.29) is 0 Å². The molecule has 0 radical (unpaired) electrons. The van der Waals surface area contributed by atoms with Crippen molar-refractivity contribution in [2.75, 3.05) is 0 Å². The summed E-state index contributed by atoms with van der Waals surface area (Å²) in [6, 6.07) is 34.6. The Morgan fingerprint density at radius 1 is 0.387 bits per heavy atom. The molecule has 0 heterocycles. The Labute approximate surface area is 190 Å². The summed E-state index contributed by atoms with van der Waals surface area (Å²) >= 11 is 1.79. The van der Waals surface area contributed by atoms with Crippen molar-refractivity contribution in [3.63, 3.8) is 0 Å². The summed E-state index contributed by atoms with van der Waals surface area (Å²) in [5.74, 6) is 0. The maximum atomic E-state index is 2.19. The molecule has 0 nitrogen and oxygen atoms in total. The van der Waals surface area contributed by atoms with Crippen LogP contribution in [0.2, 0.25) is 0 Å². The highest BCUT2D eigenvalue weighted by Gasteiger charge is 1.98. The fourth-order valence-electron chi connectivity index (χ4n) is 3.17. The van der Waals surface area contributed by atoms with Crippen LogP contribution in [0.15, 0.2) is 107 Å². The van der Waals surface area contributed by atoms with E-state index >= 15 is 0 Å². The molecule has 0 aliphatic carbocycles. The van der Waals surface area contributed by atoms with Gasteiger partial charge in [0, 0.05) is 9.79 Å². The molecule has 0 aliphatic rings. The zero-order chi connectivity index (χ0) is 21.5. The molecule has 0 atom stereocenters. The van der Waals surface area contributed by atoms with Crippen LogP contribution in [0.1, 0.15) is 33.4 Å². The molecular formula is C30H26S. The molecule has 0 fully saturated rings. The lowest BCUT2D eigenvalue weighted by atomic mass is 10.1. The van der Waals surface area contributed by atoms with E-state index in [9.17, 15) is 0 Å². The second-order valence-electron chi connectivity index (χ2n) is 7.73. The normalized spacial score (nSPS) is 11.4. The smallest absolute Gasteiger partial charge is 0.0122 e. The van der Waals surface area contributed by atoms with Crippen LogP contribution in [0.25, 0.3) is 24.3 Å². The van der Waals surface area contributed by atoms with Crippen LogP contribution in [0.5, 0.6) is 0 Å². The van der Waals surface area contributed by atoms with Gasteiger partial charge in [0.15, 0.2) is 0 Å². The third-order valence-electron chi connectivity index (χ3n) is 5.09. The Kier molecular flexibility index (Phi) is 6.86.